The Hall–Kier alpha value is -2.38. The maximum absolute atomic E-state index is 8.80. The summed E-state index contributed by atoms with van der Waals surface area (Å²) in [6.07, 6.45) is 0. The molecular weight excluding hydrogens is 264 g/mol. The van der Waals surface area contributed by atoms with Crippen molar-refractivity contribution in [2.75, 3.05) is 12.8 Å². The average Bonchev–Trinajstić information content (AvgIpc) is 2.41. The summed E-state index contributed by atoms with van der Waals surface area (Å²) in [6, 6.07) is 11.9. The number of nitriles is 1. The average molecular weight is 275 g/mol. The van der Waals surface area contributed by atoms with Gasteiger partial charge in [-0.1, -0.05) is 11.6 Å². The molecule has 2 N–H and O–H groups in total. The van der Waals surface area contributed by atoms with E-state index in [4.69, 9.17) is 32.1 Å². The third-order valence-corrected chi connectivity index (χ3v) is 2.82. The second kappa shape index (κ2) is 5.51. The largest absolute Gasteiger partial charge is 0.497 e. The molecule has 0 amide bonds. The van der Waals surface area contributed by atoms with Gasteiger partial charge >= 0.3 is 0 Å². The van der Waals surface area contributed by atoms with Gasteiger partial charge in [0.25, 0.3) is 0 Å². The van der Waals surface area contributed by atoms with Crippen LogP contribution in [0.5, 0.6) is 17.2 Å². The molecule has 19 heavy (non-hydrogen) atoms. The van der Waals surface area contributed by atoms with Crippen LogP contribution in [-0.2, 0) is 0 Å². The summed E-state index contributed by atoms with van der Waals surface area (Å²) in [5.74, 6) is 1.62. The van der Waals surface area contributed by atoms with Crippen LogP contribution in [0, 0.1) is 11.3 Å². The van der Waals surface area contributed by atoms with Crippen molar-refractivity contribution < 1.29 is 9.47 Å². The number of anilines is 1. The standard InChI is InChI=1S/C14H11ClN2O2/c1-18-10-4-5-13(17)14(7-10)19-11-3-2-9(8-16)12(15)6-11/h2-7H,17H2,1H3. The van der Waals surface area contributed by atoms with Crippen molar-refractivity contribution in [1.82, 2.24) is 0 Å². The van der Waals surface area contributed by atoms with Crippen LogP contribution >= 0.6 is 11.6 Å². The Kier molecular flexibility index (Phi) is 3.79. The summed E-state index contributed by atoms with van der Waals surface area (Å²) in [6.45, 7) is 0. The lowest BCUT2D eigenvalue weighted by Gasteiger charge is -2.10. The van der Waals surface area contributed by atoms with Gasteiger partial charge in [-0.15, -0.1) is 0 Å². The molecule has 0 aliphatic carbocycles. The Morgan fingerprint density at radius 1 is 1.16 bits per heavy atom. The third kappa shape index (κ3) is 2.90. The molecular formula is C14H11ClN2O2. The monoisotopic (exact) mass is 274 g/mol. The lowest BCUT2D eigenvalue weighted by atomic mass is 10.2. The highest BCUT2D eigenvalue weighted by molar-refractivity contribution is 6.31. The molecule has 0 aliphatic heterocycles. The first-order valence-corrected chi connectivity index (χ1v) is 5.83. The predicted octanol–water partition coefficient (Wildman–Crippen LogP) is 3.59. The molecule has 0 aliphatic rings. The zero-order valence-electron chi connectivity index (χ0n) is 10.2. The van der Waals surface area contributed by atoms with E-state index in [0.29, 0.717) is 33.5 Å². The van der Waals surface area contributed by atoms with E-state index in [9.17, 15) is 0 Å². The molecule has 4 nitrogen and oxygen atoms in total. The quantitative estimate of drug-likeness (QED) is 0.869. The summed E-state index contributed by atoms with van der Waals surface area (Å²) in [5.41, 5.74) is 6.70. The van der Waals surface area contributed by atoms with Crippen molar-refractivity contribution in [2.45, 2.75) is 0 Å². The Balaban J connectivity index is 2.31. The topological polar surface area (TPSA) is 68.3 Å². The molecule has 96 valence electrons. The smallest absolute Gasteiger partial charge is 0.153 e. The third-order valence-electron chi connectivity index (χ3n) is 2.51. The number of hydrogen-bond acceptors (Lipinski definition) is 4. The van der Waals surface area contributed by atoms with Gasteiger partial charge in [-0.2, -0.15) is 5.26 Å². The van der Waals surface area contributed by atoms with Gasteiger partial charge < -0.3 is 15.2 Å². The molecule has 0 heterocycles. The van der Waals surface area contributed by atoms with Crippen LogP contribution in [-0.4, -0.2) is 7.11 Å². The van der Waals surface area contributed by atoms with E-state index in [1.807, 2.05) is 6.07 Å². The van der Waals surface area contributed by atoms with Crippen LogP contribution in [0.2, 0.25) is 5.02 Å². The van der Waals surface area contributed by atoms with Crippen molar-refractivity contribution in [1.29, 1.82) is 5.26 Å². The first-order chi connectivity index (χ1) is 9.13. The zero-order valence-corrected chi connectivity index (χ0v) is 10.9. The van der Waals surface area contributed by atoms with Crippen molar-refractivity contribution >= 4 is 17.3 Å². The number of ether oxygens (including phenoxy) is 2. The molecule has 0 saturated heterocycles. The van der Waals surface area contributed by atoms with Gasteiger partial charge in [0.05, 0.1) is 23.4 Å². The fourth-order valence-electron chi connectivity index (χ4n) is 1.51. The first-order valence-electron chi connectivity index (χ1n) is 5.45. The highest BCUT2D eigenvalue weighted by Crippen LogP contribution is 2.32. The molecule has 0 spiro atoms. The Bertz CT molecular complexity index is 650. The Morgan fingerprint density at radius 3 is 2.53 bits per heavy atom. The summed E-state index contributed by atoms with van der Waals surface area (Å²) in [7, 11) is 1.56. The molecule has 0 unspecified atom stereocenters. The summed E-state index contributed by atoms with van der Waals surface area (Å²) < 4.78 is 10.7. The molecule has 2 aromatic carbocycles. The predicted molar refractivity (Wildman–Crippen MR) is 73.6 cm³/mol. The molecule has 2 aromatic rings. The number of nitrogens with two attached hydrogens (primary N) is 1. The van der Waals surface area contributed by atoms with Crippen molar-refractivity contribution in [2.24, 2.45) is 0 Å². The van der Waals surface area contributed by atoms with E-state index in [1.54, 1.807) is 43.5 Å². The number of rotatable bonds is 3. The number of benzene rings is 2. The number of nitrogen functional groups attached to an aromatic ring is 1. The Labute approximate surface area is 115 Å². The van der Waals surface area contributed by atoms with E-state index in [1.165, 1.54) is 0 Å². The highest BCUT2D eigenvalue weighted by atomic mass is 35.5. The zero-order chi connectivity index (χ0) is 13.8. The summed E-state index contributed by atoms with van der Waals surface area (Å²) >= 11 is 5.94. The second-order valence-electron chi connectivity index (χ2n) is 3.76. The number of methoxy groups -OCH3 is 1. The van der Waals surface area contributed by atoms with Gasteiger partial charge in [-0.05, 0) is 24.3 Å². The van der Waals surface area contributed by atoms with E-state index in [0.717, 1.165) is 0 Å². The minimum absolute atomic E-state index is 0.335. The SMILES string of the molecule is COc1ccc(N)c(Oc2ccc(C#N)c(Cl)c2)c1. The van der Waals surface area contributed by atoms with E-state index < -0.39 is 0 Å². The fraction of sp³-hybridized carbons (Fsp3) is 0.0714. The van der Waals surface area contributed by atoms with Crippen LogP contribution in [0.25, 0.3) is 0 Å². The molecule has 0 bridgehead atoms. The lowest BCUT2D eigenvalue weighted by molar-refractivity contribution is 0.409. The Morgan fingerprint density at radius 2 is 1.89 bits per heavy atom. The minimum Gasteiger partial charge on any atom is -0.497 e. The highest BCUT2D eigenvalue weighted by Gasteiger charge is 2.07. The van der Waals surface area contributed by atoms with Crippen LogP contribution in [0.4, 0.5) is 5.69 Å². The van der Waals surface area contributed by atoms with Gasteiger partial charge in [0, 0.05) is 12.1 Å². The fourth-order valence-corrected chi connectivity index (χ4v) is 1.72. The minimum atomic E-state index is 0.335. The van der Waals surface area contributed by atoms with Crippen LogP contribution in [0.15, 0.2) is 36.4 Å². The molecule has 0 fully saturated rings. The van der Waals surface area contributed by atoms with Crippen LogP contribution < -0.4 is 15.2 Å². The van der Waals surface area contributed by atoms with Gasteiger partial charge in [-0.25, -0.2) is 0 Å². The van der Waals surface area contributed by atoms with Gasteiger partial charge in [-0.3, -0.25) is 0 Å². The van der Waals surface area contributed by atoms with E-state index >= 15 is 0 Å². The van der Waals surface area contributed by atoms with Crippen molar-refractivity contribution in [3.8, 4) is 23.3 Å². The van der Waals surface area contributed by atoms with E-state index in [2.05, 4.69) is 0 Å². The molecule has 0 aromatic heterocycles. The summed E-state index contributed by atoms with van der Waals surface area (Å²) in [4.78, 5) is 0. The van der Waals surface area contributed by atoms with Gasteiger partial charge in [0.1, 0.15) is 17.6 Å². The summed E-state index contributed by atoms with van der Waals surface area (Å²) in [5, 5.41) is 9.13. The van der Waals surface area contributed by atoms with E-state index in [-0.39, 0.29) is 0 Å². The van der Waals surface area contributed by atoms with Crippen LogP contribution in [0.1, 0.15) is 5.56 Å². The molecule has 2 rings (SSSR count). The lowest BCUT2D eigenvalue weighted by Crippen LogP contribution is -1.93. The maximum atomic E-state index is 8.80. The second-order valence-corrected chi connectivity index (χ2v) is 4.17. The molecule has 0 atom stereocenters. The number of hydrogen-bond donors (Lipinski definition) is 1. The number of halogens is 1. The maximum Gasteiger partial charge on any atom is 0.153 e. The van der Waals surface area contributed by atoms with Gasteiger partial charge in [0.2, 0.25) is 0 Å². The molecule has 5 heteroatoms. The number of nitrogens with zero attached hydrogens (tertiary/aromatic N) is 1. The van der Waals surface area contributed by atoms with Gasteiger partial charge in [0.15, 0.2) is 5.75 Å². The molecule has 0 saturated carbocycles. The van der Waals surface area contributed by atoms with Crippen molar-refractivity contribution in [3.63, 3.8) is 0 Å². The van der Waals surface area contributed by atoms with Crippen molar-refractivity contribution in [3.05, 3.63) is 47.0 Å². The molecule has 0 radical (unpaired) electrons. The normalized spacial score (nSPS) is 9.74. The first kappa shape index (κ1) is 13.1. The van der Waals surface area contributed by atoms with Crippen LogP contribution in [0.3, 0.4) is 0 Å².